The zero-order valence-corrected chi connectivity index (χ0v) is 8.99. The molecule has 2 rings (SSSR count). The first kappa shape index (κ1) is 12.0. The van der Waals surface area contributed by atoms with Crippen LogP contribution in [0.15, 0.2) is 28.7 Å². The van der Waals surface area contributed by atoms with E-state index in [2.05, 4.69) is 4.99 Å². The molecule has 0 aromatic carbocycles. The summed E-state index contributed by atoms with van der Waals surface area (Å²) < 4.78 is 13.9. The molecule has 17 heavy (non-hydrogen) atoms. The van der Waals surface area contributed by atoms with E-state index in [-0.39, 0.29) is 12.2 Å². The van der Waals surface area contributed by atoms with E-state index in [4.69, 9.17) is 10.8 Å². The minimum atomic E-state index is -1.39. The molecule has 0 amide bonds. The van der Waals surface area contributed by atoms with Crippen molar-refractivity contribution in [2.45, 2.75) is 18.2 Å². The predicted molar refractivity (Wildman–Crippen MR) is 58.5 cm³/mol. The fourth-order valence-corrected chi connectivity index (χ4v) is 1.99. The van der Waals surface area contributed by atoms with Gasteiger partial charge in [0.25, 0.3) is 0 Å². The van der Waals surface area contributed by atoms with Crippen LogP contribution in [0.5, 0.6) is 0 Å². The average Bonchev–Trinajstić information content (AvgIpc) is 2.52. The van der Waals surface area contributed by atoms with Gasteiger partial charge in [0.1, 0.15) is 36.6 Å². The lowest BCUT2D eigenvalue weighted by atomic mass is 10.1. The van der Waals surface area contributed by atoms with E-state index in [0.717, 1.165) is 0 Å². The number of hydrogen-bond acceptors (Lipinski definition) is 6. The smallest absolute Gasteiger partial charge is 0.129 e. The number of aliphatic hydroxyl groups excluding tert-OH is 3. The second kappa shape index (κ2) is 4.44. The molecular weight excluding hydrogens is 229 g/mol. The Balaban J connectivity index is 2.23. The van der Waals surface area contributed by atoms with Gasteiger partial charge in [0, 0.05) is 11.8 Å². The second-order valence-electron chi connectivity index (χ2n) is 3.97. The molecule has 1 aliphatic heterocycles. The Morgan fingerprint density at radius 3 is 2.71 bits per heavy atom. The Bertz CT molecular complexity index is 408. The maximum atomic E-state index is 13.9. The third-order valence-electron chi connectivity index (χ3n) is 2.95. The van der Waals surface area contributed by atoms with E-state index in [1.165, 1.54) is 17.2 Å². The summed E-state index contributed by atoms with van der Waals surface area (Å²) in [6, 6.07) is -1.03. The Morgan fingerprint density at radius 1 is 1.53 bits per heavy atom. The minimum absolute atomic E-state index is 0.100. The maximum absolute atomic E-state index is 13.9. The summed E-state index contributed by atoms with van der Waals surface area (Å²) in [6.45, 7) is -0.521. The average molecular weight is 243 g/mol. The van der Waals surface area contributed by atoms with Crippen molar-refractivity contribution in [2.24, 2.45) is 10.7 Å². The highest BCUT2D eigenvalue weighted by Gasteiger charge is 2.44. The molecule has 0 unspecified atom stereocenters. The summed E-state index contributed by atoms with van der Waals surface area (Å²) in [4.78, 5) is 5.31. The molecule has 0 saturated carbocycles. The van der Waals surface area contributed by atoms with Crippen molar-refractivity contribution in [3.05, 3.63) is 23.7 Å². The largest absolute Gasteiger partial charge is 0.392 e. The third kappa shape index (κ3) is 1.92. The summed E-state index contributed by atoms with van der Waals surface area (Å²) in [7, 11) is 0. The lowest BCUT2D eigenvalue weighted by molar-refractivity contribution is 0.0107. The second-order valence-corrected chi connectivity index (χ2v) is 3.97. The molecule has 1 aliphatic carbocycles. The summed E-state index contributed by atoms with van der Waals surface area (Å²) in [5.41, 5.74) is 5.24. The first-order valence-corrected chi connectivity index (χ1v) is 5.15. The number of aliphatic imine (C=N–C) groups is 1. The molecule has 1 heterocycles. The molecule has 3 atom stereocenters. The van der Waals surface area contributed by atoms with E-state index < -0.39 is 30.7 Å². The highest BCUT2D eigenvalue weighted by molar-refractivity contribution is 5.91. The molecule has 0 aromatic rings. The van der Waals surface area contributed by atoms with Crippen LogP contribution in [0.4, 0.5) is 4.39 Å². The predicted octanol–water partition coefficient (Wildman–Crippen LogP) is -1.55. The SMILES string of the molecule is NC1=NCN([C@@H]2C(F)=C(CO)[C@@H](O)[C@H]2O)C=C1. The molecule has 94 valence electrons. The van der Waals surface area contributed by atoms with Crippen LogP contribution in [-0.2, 0) is 0 Å². The van der Waals surface area contributed by atoms with Gasteiger partial charge < -0.3 is 26.0 Å². The lowest BCUT2D eigenvalue weighted by Crippen LogP contribution is -2.44. The van der Waals surface area contributed by atoms with E-state index in [9.17, 15) is 14.6 Å². The van der Waals surface area contributed by atoms with Crippen LogP contribution in [0.1, 0.15) is 0 Å². The number of halogens is 1. The summed E-state index contributed by atoms with van der Waals surface area (Å²) in [5.74, 6) is -0.395. The van der Waals surface area contributed by atoms with Gasteiger partial charge in [-0.05, 0) is 6.08 Å². The lowest BCUT2D eigenvalue weighted by Gasteiger charge is -2.30. The molecule has 0 saturated heterocycles. The van der Waals surface area contributed by atoms with E-state index in [1.54, 1.807) is 0 Å². The normalized spacial score (nSPS) is 33.3. The minimum Gasteiger partial charge on any atom is -0.392 e. The van der Waals surface area contributed by atoms with Gasteiger partial charge in [-0.25, -0.2) is 9.38 Å². The Morgan fingerprint density at radius 2 is 2.24 bits per heavy atom. The van der Waals surface area contributed by atoms with Crippen molar-refractivity contribution in [3.8, 4) is 0 Å². The fourth-order valence-electron chi connectivity index (χ4n) is 1.99. The van der Waals surface area contributed by atoms with Crippen molar-refractivity contribution in [1.82, 2.24) is 4.90 Å². The first-order valence-electron chi connectivity index (χ1n) is 5.15. The van der Waals surface area contributed by atoms with E-state index in [0.29, 0.717) is 5.84 Å². The van der Waals surface area contributed by atoms with Crippen LogP contribution >= 0.6 is 0 Å². The van der Waals surface area contributed by atoms with Crippen LogP contribution in [0.2, 0.25) is 0 Å². The molecule has 0 aromatic heterocycles. The number of rotatable bonds is 2. The summed E-state index contributed by atoms with van der Waals surface area (Å²) >= 11 is 0. The number of hydrogen-bond donors (Lipinski definition) is 4. The van der Waals surface area contributed by atoms with Gasteiger partial charge in [0.2, 0.25) is 0 Å². The van der Waals surface area contributed by atoms with Gasteiger partial charge in [-0.1, -0.05) is 0 Å². The van der Waals surface area contributed by atoms with Gasteiger partial charge in [-0.3, -0.25) is 0 Å². The van der Waals surface area contributed by atoms with E-state index >= 15 is 0 Å². The maximum Gasteiger partial charge on any atom is 0.129 e. The summed E-state index contributed by atoms with van der Waals surface area (Å²) in [6.07, 6.45) is 0.272. The quantitative estimate of drug-likeness (QED) is 0.470. The van der Waals surface area contributed by atoms with Crippen LogP contribution in [-0.4, -0.2) is 57.6 Å². The topological polar surface area (TPSA) is 102 Å². The molecule has 0 bridgehead atoms. The van der Waals surface area contributed by atoms with Gasteiger partial charge in [0.05, 0.1) is 6.61 Å². The van der Waals surface area contributed by atoms with Crippen LogP contribution < -0.4 is 5.73 Å². The summed E-state index contributed by atoms with van der Waals surface area (Å²) in [5, 5.41) is 28.2. The Hall–Kier alpha value is -1.44. The number of amidine groups is 1. The first-order chi connectivity index (χ1) is 8.06. The molecule has 2 aliphatic rings. The molecule has 0 radical (unpaired) electrons. The number of nitrogens with two attached hydrogens (primary N) is 1. The van der Waals surface area contributed by atoms with Crippen molar-refractivity contribution in [1.29, 1.82) is 0 Å². The standard InChI is InChI=1S/C10H14FN3O3/c11-7-5(3-15)9(16)10(17)8(7)14-2-1-6(12)13-4-14/h1-2,8-10,15-17H,3-4H2,(H2,12,13)/t8-,9-,10+/m1/s1. The Kier molecular flexibility index (Phi) is 3.14. The molecule has 0 spiro atoms. The zero-order chi connectivity index (χ0) is 12.6. The monoisotopic (exact) mass is 243 g/mol. The van der Waals surface area contributed by atoms with Crippen molar-refractivity contribution in [2.75, 3.05) is 13.3 Å². The number of nitrogens with zero attached hydrogens (tertiary/aromatic N) is 2. The van der Waals surface area contributed by atoms with Gasteiger partial charge in [-0.15, -0.1) is 0 Å². The highest BCUT2D eigenvalue weighted by atomic mass is 19.1. The van der Waals surface area contributed by atoms with E-state index in [1.807, 2.05) is 0 Å². The molecule has 5 N–H and O–H groups in total. The number of aliphatic hydroxyl groups is 3. The molecule has 0 fully saturated rings. The third-order valence-corrected chi connectivity index (χ3v) is 2.95. The van der Waals surface area contributed by atoms with Crippen LogP contribution in [0, 0.1) is 0 Å². The van der Waals surface area contributed by atoms with Crippen LogP contribution in [0.25, 0.3) is 0 Å². The molecule has 6 nitrogen and oxygen atoms in total. The van der Waals surface area contributed by atoms with Gasteiger partial charge in [0.15, 0.2) is 0 Å². The van der Waals surface area contributed by atoms with Crippen molar-refractivity contribution < 1.29 is 19.7 Å². The zero-order valence-electron chi connectivity index (χ0n) is 8.99. The van der Waals surface area contributed by atoms with Crippen LogP contribution in [0.3, 0.4) is 0 Å². The van der Waals surface area contributed by atoms with Crippen molar-refractivity contribution >= 4 is 5.84 Å². The van der Waals surface area contributed by atoms with Gasteiger partial charge in [-0.2, -0.15) is 0 Å². The molecule has 7 heteroatoms. The van der Waals surface area contributed by atoms with Gasteiger partial charge >= 0.3 is 0 Å². The van der Waals surface area contributed by atoms with Crippen molar-refractivity contribution in [3.63, 3.8) is 0 Å². The Labute approximate surface area is 97.2 Å². The fraction of sp³-hybridized carbons (Fsp3) is 0.500. The molecular formula is C10H14FN3O3. The highest BCUT2D eigenvalue weighted by Crippen LogP contribution is 2.32.